The summed E-state index contributed by atoms with van der Waals surface area (Å²) in [4.78, 5) is 14.6. The van der Waals surface area contributed by atoms with Crippen LogP contribution in [0.3, 0.4) is 0 Å². The van der Waals surface area contributed by atoms with Crippen LogP contribution in [0.5, 0.6) is 0 Å². The number of nitrogens with one attached hydrogen (secondary N) is 2. The Balaban J connectivity index is 1.88. The van der Waals surface area contributed by atoms with Gasteiger partial charge < -0.3 is 5.32 Å². The molecule has 0 aliphatic rings. The van der Waals surface area contributed by atoms with Gasteiger partial charge in [-0.1, -0.05) is 30.3 Å². The van der Waals surface area contributed by atoms with Crippen LogP contribution in [0.1, 0.15) is 0 Å². The van der Waals surface area contributed by atoms with Crippen LogP contribution in [0.15, 0.2) is 59.4 Å². The summed E-state index contributed by atoms with van der Waals surface area (Å²) < 4.78 is 12.8. The third kappa shape index (κ3) is 2.94. The van der Waals surface area contributed by atoms with Crippen molar-refractivity contribution in [1.82, 2.24) is 15.2 Å². The van der Waals surface area contributed by atoms with Gasteiger partial charge in [0.05, 0.1) is 0 Å². The zero-order valence-corrected chi connectivity index (χ0v) is 10.9. The third-order valence-electron chi connectivity index (χ3n) is 2.85. The maximum Gasteiger partial charge on any atom is 0.279 e. The highest BCUT2D eigenvalue weighted by molar-refractivity contribution is 5.58. The van der Waals surface area contributed by atoms with Crippen LogP contribution >= 0.6 is 0 Å². The van der Waals surface area contributed by atoms with E-state index in [4.69, 9.17) is 0 Å². The van der Waals surface area contributed by atoms with Crippen molar-refractivity contribution in [1.29, 1.82) is 0 Å². The van der Waals surface area contributed by atoms with Gasteiger partial charge in [0.15, 0.2) is 5.69 Å². The smallest absolute Gasteiger partial charge is 0.279 e. The molecule has 104 valence electrons. The highest BCUT2D eigenvalue weighted by Gasteiger charge is 2.07. The van der Waals surface area contributed by atoms with E-state index in [9.17, 15) is 9.18 Å². The summed E-state index contributed by atoms with van der Waals surface area (Å²) in [5.74, 6) is -0.133. The van der Waals surface area contributed by atoms with Crippen LogP contribution in [0.4, 0.5) is 16.0 Å². The SMILES string of the molecule is O=c1[nH]c(Nc2ccc(F)cc2)nnc1-c1ccccc1. The summed E-state index contributed by atoms with van der Waals surface area (Å²) in [7, 11) is 0. The summed E-state index contributed by atoms with van der Waals surface area (Å²) in [6.45, 7) is 0. The Bertz CT molecular complexity index is 800. The summed E-state index contributed by atoms with van der Waals surface area (Å²) in [6, 6.07) is 14.8. The summed E-state index contributed by atoms with van der Waals surface area (Å²) in [6.07, 6.45) is 0. The first kappa shape index (κ1) is 13.0. The molecule has 3 rings (SSSR count). The largest absolute Gasteiger partial charge is 0.324 e. The maximum atomic E-state index is 12.8. The summed E-state index contributed by atoms with van der Waals surface area (Å²) in [5, 5.41) is 10.7. The molecular formula is C15H11FN4O. The second kappa shape index (κ2) is 5.54. The molecule has 0 aliphatic carbocycles. The number of aromatic nitrogens is 3. The van der Waals surface area contributed by atoms with Crippen LogP contribution in [0.25, 0.3) is 11.3 Å². The van der Waals surface area contributed by atoms with Gasteiger partial charge in [-0.25, -0.2) is 4.39 Å². The van der Waals surface area contributed by atoms with Crippen LogP contribution in [-0.4, -0.2) is 15.2 Å². The number of hydrogen-bond acceptors (Lipinski definition) is 4. The predicted octanol–water partition coefficient (Wildman–Crippen LogP) is 2.71. The second-order valence-electron chi connectivity index (χ2n) is 4.35. The molecule has 0 aliphatic heterocycles. The molecule has 0 spiro atoms. The van der Waals surface area contributed by atoms with Crippen molar-refractivity contribution in [3.8, 4) is 11.3 Å². The zero-order chi connectivity index (χ0) is 14.7. The Morgan fingerprint density at radius 3 is 2.33 bits per heavy atom. The number of anilines is 2. The van der Waals surface area contributed by atoms with Gasteiger partial charge in [-0.05, 0) is 24.3 Å². The van der Waals surface area contributed by atoms with Gasteiger partial charge >= 0.3 is 0 Å². The maximum absolute atomic E-state index is 12.8. The van der Waals surface area contributed by atoms with Gasteiger partial charge in [0, 0.05) is 11.3 Å². The molecule has 21 heavy (non-hydrogen) atoms. The molecule has 0 saturated heterocycles. The van der Waals surface area contributed by atoms with E-state index in [1.54, 1.807) is 24.3 Å². The molecule has 0 atom stereocenters. The van der Waals surface area contributed by atoms with E-state index in [0.717, 1.165) is 0 Å². The normalized spacial score (nSPS) is 10.3. The third-order valence-corrected chi connectivity index (χ3v) is 2.85. The second-order valence-corrected chi connectivity index (χ2v) is 4.35. The first-order valence-corrected chi connectivity index (χ1v) is 6.27. The van der Waals surface area contributed by atoms with E-state index in [-0.39, 0.29) is 23.0 Å². The van der Waals surface area contributed by atoms with E-state index < -0.39 is 0 Å². The molecular weight excluding hydrogens is 271 g/mol. The van der Waals surface area contributed by atoms with Crippen molar-refractivity contribution in [3.05, 3.63) is 70.8 Å². The van der Waals surface area contributed by atoms with Gasteiger partial charge in [0.2, 0.25) is 5.95 Å². The Labute approximate surface area is 119 Å². The van der Waals surface area contributed by atoms with E-state index in [1.807, 2.05) is 18.2 Å². The number of halogens is 1. The van der Waals surface area contributed by atoms with Gasteiger partial charge in [-0.15, -0.1) is 10.2 Å². The first-order valence-electron chi connectivity index (χ1n) is 6.27. The van der Waals surface area contributed by atoms with Crippen LogP contribution in [0, 0.1) is 5.82 Å². The number of hydrogen-bond donors (Lipinski definition) is 2. The average Bonchev–Trinajstić information content (AvgIpc) is 2.51. The fraction of sp³-hybridized carbons (Fsp3) is 0. The molecule has 5 nitrogen and oxygen atoms in total. The number of benzene rings is 2. The number of aromatic amines is 1. The topological polar surface area (TPSA) is 70.7 Å². The van der Waals surface area contributed by atoms with E-state index in [0.29, 0.717) is 11.3 Å². The summed E-state index contributed by atoms with van der Waals surface area (Å²) in [5.41, 5.74) is 1.20. The van der Waals surface area contributed by atoms with Gasteiger partial charge in [0.25, 0.3) is 5.56 Å². The molecule has 0 radical (unpaired) electrons. The minimum absolute atomic E-state index is 0.200. The molecule has 0 bridgehead atoms. The molecule has 1 heterocycles. The number of H-pyrrole nitrogens is 1. The fourth-order valence-electron chi connectivity index (χ4n) is 1.85. The predicted molar refractivity (Wildman–Crippen MR) is 77.8 cm³/mol. The van der Waals surface area contributed by atoms with E-state index >= 15 is 0 Å². The van der Waals surface area contributed by atoms with E-state index in [1.165, 1.54) is 12.1 Å². The van der Waals surface area contributed by atoms with Crippen LogP contribution in [-0.2, 0) is 0 Å². The van der Waals surface area contributed by atoms with Crippen molar-refractivity contribution in [2.45, 2.75) is 0 Å². The lowest BCUT2D eigenvalue weighted by atomic mass is 10.2. The molecule has 6 heteroatoms. The molecule has 2 aromatic carbocycles. The minimum atomic E-state index is -0.346. The van der Waals surface area contributed by atoms with Crippen LogP contribution in [0.2, 0.25) is 0 Å². The molecule has 3 aromatic rings. The molecule has 2 N–H and O–H groups in total. The Morgan fingerprint density at radius 1 is 0.952 bits per heavy atom. The summed E-state index contributed by atoms with van der Waals surface area (Å²) >= 11 is 0. The standard InChI is InChI=1S/C15H11FN4O/c16-11-6-8-12(9-7-11)17-15-18-14(21)13(19-20-15)10-4-2-1-3-5-10/h1-9H,(H2,17,18,20,21). The Kier molecular flexibility index (Phi) is 3.42. The van der Waals surface area contributed by atoms with Gasteiger partial charge in [0.1, 0.15) is 5.82 Å². The Hall–Kier alpha value is -3.02. The molecule has 0 saturated carbocycles. The lowest BCUT2D eigenvalue weighted by Gasteiger charge is -2.05. The van der Waals surface area contributed by atoms with Crippen molar-refractivity contribution in [3.63, 3.8) is 0 Å². The van der Waals surface area contributed by atoms with Crippen molar-refractivity contribution in [2.75, 3.05) is 5.32 Å². The quantitative estimate of drug-likeness (QED) is 0.775. The molecule has 1 aromatic heterocycles. The highest BCUT2D eigenvalue weighted by atomic mass is 19.1. The molecule has 0 fully saturated rings. The number of nitrogens with zero attached hydrogens (tertiary/aromatic N) is 2. The minimum Gasteiger partial charge on any atom is -0.324 e. The van der Waals surface area contributed by atoms with Crippen LogP contribution < -0.4 is 10.9 Å². The molecule has 0 amide bonds. The lowest BCUT2D eigenvalue weighted by Crippen LogP contribution is -2.15. The fourth-order valence-corrected chi connectivity index (χ4v) is 1.85. The van der Waals surface area contributed by atoms with E-state index in [2.05, 4.69) is 20.5 Å². The Morgan fingerprint density at radius 2 is 1.67 bits per heavy atom. The van der Waals surface area contributed by atoms with Crippen molar-refractivity contribution < 1.29 is 4.39 Å². The van der Waals surface area contributed by atoms with Crippen molar-refractivity contribution in [2.24, 2.45) is 0 Å². The first-order chi connectivity index (χ1) is 10.2. The van der Waals surface area contributed by atoms with Crippen molar-refractivity contribution >= 4 is 11.6 Å². The van der Waals surface area contributed by atoms with Gasteiger partial charge in [-0.3, -0.25) is 9.78 Å². The molecule has 0 unspecified atom stereocenters. The monoisotopic (exact) mass is 282 g/mol. The lowest BCUT2D eigenvalue weighted by molar-refractivity contribution is 0.628. The zero-order valence-electron chi connectivity index (χ0n) is 10.9. The average molecular weight is 282 g/mol. The number of rotatable bonds is 3. The van der Waals surface area contributed by atoms with Gasteiger partial charge in [-0.2, -0.15) is 0 Å². The highest BCUT2D eigenvalue weighted by Crippen LogP contribution is 2.14.